The Labute approximate surface area is 119 Å². The molecule has 1 rings (SSSR count). The van der Waals surface area contributed by atoms with E-state index < -0.39 is 12.0 Å². The Balaban J connectivity index is 2.77. The van der Waals surface area contributed by atoms with Gasteiger partial charge in [0.05, 0.1) is 13.7 Å². The van der Waals surface area contributed by atoms with Crippen LogP contribution in [0.2, 0.25) is 0 Å². The quantitative estimate of drug-likeness (QED) is 0.765. The topological polar surface area (TPSA) is 67.8 Å². The lowest BCUT2D eigenvalue weighted by molar-refractivity contribution is -0.140. The summed E-state index contributed by atoms with van der Waals surface area (Å²) in [6, 6.07) is 5.03. The number of nitrogens with one attached hydrogen (secondary N) is 1. The third kappa shape index (κ3) is 4.42. The Hall–Kier alpha value is -1.75. The maximum atomic E-state index is 11.1. The Morgan fingerprint density at radius 1 is 1.35 bits per heavy atom. The molecule has 0 aliphatic rings. The van der Waals surface area contributed by atoms with Gasteiger partial charge in [0.15, 0.2) is 11.5 Å². The van der Waals surface area contributed by atoms with Crippen molar-refractivity contribution in [3.05, 3.63) is 23.8 Å². The van der Waals surface area contributed by atoms with Gasteiger partial charge in [-0.25, -0.2) is 0 Å². The van der Waals surface area contributed by atoms with Crippen molar-refractivity contribution in [2.24, 2.45) is 5.92 Å². The van der Waals surface area contributed by atoms with Crippen LogP contribution in [0.25, 0.3) is 0 Å². The highest BCUT2D eigenvalue weighted by Crippen LogP contribution is 2.28. The number of hydrogen-bond acceptors (Lipinski definition) is 4. The summed E-state index contributed by atoms with van der Waals surface area (Å²) in [5, 5.41) is 12.2. The van der Waals surface area contributed by atoms with E-state index in [9.17, 15) is 4.79 Å². The van der Waals surface area contributed by atoms with Gasteiger partial charge in [-0.2, -0.15) is 0 Å². The van der Waals surface area contributed by atoms with E-state index in [-0.39, 0.29) is 5.92 Å². The fourth-order valence-corrected chi connectivity index (χ4v) is 1.94. The van der Waals surface area contributed by atoms with Crippen LogP contribution in [0.4, 0.5) is 0 Å². The first-order valence-electron chi connectivity index (χ1n) is 6.75. The van der Waals surface area contributed by atoms with E-state index in [4.69, 9.17) is 14.6 Å². The predicted octanol–water partition coefficient (Wildman–Crippen LogP) is 2.29. The Bertz CT molecular complexity index is 445. The molecule has 0 spiro atoms. The van der Waals surface area contributed by atoms with Crippen molar-refractivity contribution < 1.29 is 19.4 Å². The normalized spacial score (nSPS) is 12.2. The molecule has 0 saturated carbocycles. The molecule has 2 N–H and O–H groups in total. The van der Waals surface area contributed by atoms with Crippen LogP contribution in [0.1, 0.15) is 26.3 Å². The van der Waals surface area contributed by atoms with Gasteiger partial charge < -0.3 is 19.9 Å². The second-order valence-electron chi connectivity index (χ2n) is 4.86. The predicted molar refractivity (Wildman–Crippen MR) is 77.3 cm³/mol. The fourth-order valence-electron chi connectivity index (χ4n) is 1.94. The van der Waals surface area contributed by atoms with Crippen molar-refractivity contribution >= 4 is 5.97 Å². The lowest BCUT2D eigenvalue weighted by Crippen LogP contribution is -2.40. The summed E-state index contributed by atoms with van der Waals surface area (Å²) in [6.45, 7) is 6.69. The number of rotatable bonds is 8. The van der Waals surface area contributed by atoms with Crippen LogP contribution in [0.15, 0.2) is 18.2 Å². The number of carboxylic acids is 1. The van der Waals surface area contributed by atoms with Crippen molar-refractivity contribution in [2.45, 2.75) is 33.4 Å². The molecule has 0 radical (unpaired) electrons. The van der Waals surface area contributed by atoms with E-state index in [0.717, 1.165) is 5.56 Å². The number of benzene rings is 1. The van der Waals surface area contributed by atoms with Crippen LogP contribution in [0.5, 0.6) is 11.5 Å². The molecule has 0 aliphatic heterocycles. The summed E-state index contributed by atoms with van der Waals surface area (Å²) < 4.78 is 10.7. The van der Waals surface area contributed by atoms with Gasteiger partial charge in [-0.05, 0) is 30.5 Å². The highest BCUT2D eigenvalue weighted by molar-refractivity contribution is 5.73. The first kappa shape index (κ1) is 16.3. The fraction of sp³-hybridized carbons (Fsp3) is 0.533. The molecule has 5 nitrogen and oxygen atoms in total. The van der Waals surface area contributed by atoms with Gasteiger partial charge in [-0.1, -0.05) is 19.9 Å². The van der Waals surface area contributed by atoms with E-state index in [1.807, 2.05) is 39.0 Å². The number of hydrogen-bond donors (Lipinski definition) is 2. The standard InChI is InChI=1S/C15H23NO4/c1-5-20-13-8-11(6-7-12(13)19-4)9-16-14(10(2)3)15(17)18/h6-8,10,14,16H,5,9H2,1-4H3,(H,17,18)/t14-/m0/s1. The summed E-state index contributed by atoms with van der Waals surface area (Å²) >= 11 is 0. The number of methoxy groups -OCH3 is 1. The zero-order valence-electron chi connectivity index (χ0n) is 12.5. The van der Waals surface area contributed by atoms with Gasteiger partial charge >= 0.3 is 5.97 Å². The minimum atomic E-state index is -0.835. The summed E-state index contributed by atoms with van der Waals surface area (Å²) in [5.41, 5.74) is 0.959. The molecule has 0 heterocycles. The van der Waals surface area contributed by atoms with E-state index in [1.165, 1.54) is 0 Å². The van der Waals surface area contributed by atoms with Gasteiger partial charge in [-0.3, -0.25) is 4.79 Å². The molecule has 0 aromatic heterocycles. The van der Waals surface area contributed by atoms with Crippen LogP contribution in [0, 0.1) is 5.92 Å². The van der Waals surface area contributed by atoms with Crippen LogP contribution in [0.3, 0.4) is 0 Å². The number of carbonyl (C=O) groups is 1. The minimum Gasteiger partial charge on any atom is -0.493 e. The molecule has 1 atom stereocenters. The van der Waals surface area contributed by atoms with Crippen LogP contribution < -0.4 is 14.8 Å². The maximum Gasteiger partial charge on any atom is 0.320 e. The number of ether oxygens (including phenoxy) is 2. The van der Waals surface area contributed by atoms with Crippen molar-refractivity contribution in [3.8, 4) is 11.5 Å². The Morgan fingerprint density at radius 3 is 2.55 bits per heavy atom. The highest BCUT2D eigenvalue weighted by Gasteiger charge is 2.20. The van der Waals surface area contributed by atoms with Gasteiger partial charge in [0.25, 0.3) is 0 Å². The Morgan fingerprint density at radius 2 is 2.05 bits per heavy atom. The zero-order chi connectivity index (χ0) is 15.1. The number of carboxylic acid groups (broad SMARTS) is 1. The highest BCUT2D eigenvalue weighted by atomic mass is 16.5. The minimum absolute atomic E-state index is 0.0251. The number of aliphatic carboxylic acids is 1. The van der Waals surface area contributed by atoms with Gasteiger partial charge in [0, 0.05) is 6.54 Å². The SMILES string of the molecule is CCOc1cc(CN[C@H](C(=O)O)C(C)C)ccc1OC. The summed E-state index contributed by atoms with van der Waals surface area (Å²) in [4.78, 5) is 11.1. The molecule has 0 aliphatic carbocycles. The van der Waals surface area contributed by atoms with Crippen LogP contribution in [-0.4, -0.2) is 30.8 Å². The van der Waals surface area contributed by atoms with Gasteiger partial charge in [0.1, 0.15) is 6.04 Å². The first-order valence-corrected chi connectivity index (χ1v) is 6.75. The van der Waals surface area contributed by atoms with Gasteiger partial charge in [-0.15, -0.1) is 0 Å². The lowest BCUT2D eigenvalue weighted by Gasteiger charge is -2.18. The average molecular weight is 281 g/mol. The second-order valence-corrected chi connectivity index (χ2v) is 4.86. The van der Waals surface area contributed by atoms with E-state index >= 15 is 0 Å². The molecule has 0 unspecified atom stereocenters. The summed E-state index contributed by atoms with van der Waals surface area (Å²) in [5.74, 6) is 0.538. The summed E-state index contributed by atoms with van der Waals surface area (Å²) in [6.07, 6.45) is 0. The van der Waals surface area contributed by atoms with E-state index in [1.54, 1.807) is 7.11 Å². The summed E-state index contributed by atoms with van der Waals surface area (Å²) in [7, 11) is 1.59. The molecule has 0 saturated heterocycles. The third-order valence-electron chi connectivity index (χ3n) is 2.99. The molecular weight excluding hydrogens is 258 g/mol. The van der Waals surface area contributed by atoms with Gasteiger partial charge in [0.2, 0.25) is 0 Å². The smallest absolute Gasteiger partial charge is 0.320 e. The van der Waals surface area contributed by atoms with Crippen LogP contribution in [-0.2, 0) is 11.3 Å². The van der Waals surface area contributed by atoms with E-state index in [2.05, 4.69) is 5.32 Å². The molecular formula is C15H23NO4. The van der Waals surface area contributed by atoms with Crippen molar-refractivity contribution in [1.82, 2.24) is 5.32 Å². The average Bonchev–Trinajstić information content (AvgIpc) is 2.39. The molecule has 20 heavy (non-hydrogen) atoms. The molecule has 0 amide bonds. The van der Waals surface area contributed by atoms with E-state index in [0.29, 0.717) is 24.7 Å². The molecule has 1 aromatic carbocycles. The molecule has 1 aromatic rings. The lowest BCUT2D eigenvalue weighted by atomic mass is 10.0. The van der Waals surface area contributed by atoms with Crippen molar-refractivity contribution in [2.75, 3.05) is 13.7 Å². The molecule has 0 fully saturated rings. The molecule has 112 valence electrons. The second kappa shape index (κ2) is 7.75. The molecule has 0 bridgehead atoms. The Kier molecular flexibility index (Phi) is 6.31. The monoisotopic (exact) mass is 281 g/mol. The van der Waals surface area contributed by atoms with Crippen LogP contribution >= 0.6 is 0 Å². The van der Waals surface area contributed by atoms with Crippen molar-refractivity contribution in [3.63, 3.8) is 0 Å². The first-order chi connectivity index (χ1) is 9.49. The maximum absolute atomic E-state index is 11.1. The third-order valence-corrected chi connectivity index (χ3v) is 2.99. The molecule has 5 heteroatoms. The van der Waals surface area contributed by atoms with Crippen molar-refractivity contribution in [1.29, 1.82) is 0 Å². The zero-order valence-corrected chi connectivity index (χ0v) is 12.5. The largest absolute Gasteiger partial charge is 0.493 e.